The molecule has 0 fully saturated rings. The van der Waals surface area contributed by atoms with Crippen LogP contribution in [-0.4, -0.2) is 15.0 Å². The number of aromatic nitrogens is 3. The van der Waals surface area contributed by atoms with Gasteiger partial charge in [-0.15, -0.1) is 0 Å². The molecule has 0 radical (unpaired) electrons. The second-order valence-corrected chi connectivity index (χ2v) is 4.48. The van der Waals surface area contributed by atoms with Crippen LogP contribution in [0.15, 0.2) is 61.2 Å². The van der Waals surface area contributed by atoms with Crippen LogP contribution in [0.1, 0.15) is 0 Å². The molecule has 3 nitrogen and oxygen atoms in total. The summed E-state index contributed by atoms with van der Waals surface area (Å²) in [5.74, 6) is 0.678. The second-order valence-electron chi connectivity index (χ2n) is 4.05. The van der Waals surface area contributed by atoms with Gasteiger partial charge in [0.1, 0.15) is 12.7 Å². The van der Waals surface area contributed by atoms with Crippen molar-refractivity contribution < 1.29 is 0 Å². The van der Waals surface area contributed by atoms with Crippen molar-refractivity contribution in [3.8, 4) is 22.5 Å². The number of hydrogen-bond acceptors (Lipinski definition) is 3. The van der Waals surface area contributed by atoms with Crippen LogP contribution in [0.25, 0.3) is 22.5 Å². The van der Waals surface area contributed by atoms with Crippen LogP contribution >= 0.6 is 11.6 Å². The van der Waals surface area contributed by atoms with E-state index in [4.69, 9.17) is 11.6 Å². The molecule has 2 aromatic carbocycles. The van der Waals surface area contributed by atoms with E-state index in [1.165, 1.54) is 12.7 Å². The summed E-state index contributed by atoms with van der Waals surface area (Å²) in [4.78, 5) is 12.1. The molecule has 0 atom stereocenters. The van der Waals surface area contributed by atoms with Crippen molar-refractivity contribution >= 4 is 11.6 Å². The first-order chi connectivity index (χ1) is 9.33. The van der Waals surface area contributed by atoms with Gasteiger partial charge in [0.15, 0.2) is 5.82 Å². The van der Waals surface area contributed by atoms with Crippen molar-refractivity contribution in [1.29, 1.82) is 0 Å². The minimum Gasteiger partial charge on any atom is -0.225 e. The van der Waals surface area contributed by atoms with Crippen LogP contribution in [0.5, 0.6) is 0 Å². The zero-order valence-electron chi connectivity index (χ0n) is 9.99. The van der Waals surface area contributed by atoms with E-state index >= 15 is 0 Å². The van der Waals surface area contributed by atoms with Crippen LogP contribution < -0.4 is 0 Å². The molecule has 19 heavy (non-hydrogen) atoms. The quantitative estimate of drug-likeness (QED) is 0.708. The average Bonchev–Trinajstić information content (AvgIpc) is 2.49. The van der Waals surface area contributed by atoms with E-state index in [1.54, 1.807) is 0 Å². The Hall–Kier alpha value is -2.26. The van der Waals surface area contributed by atoms with Gasteiger partial charge in [-0.05, 0) is 23.3 Å². The Labute approximate surface area is 116 Å². The molecule has 0 aliphatic rings. The van der Waals surface area contributed by atoms with Crippen molar-refractivity contribution in [3.05, 3.63) is 66.2 Å². The van der Waals surface area contributed by atoms with Gasteiger partial charge < -0.3 is 0 Å². The Bertz CT molecular complexity index is 664. The summed E-state index contributed by atoms with van der Waals surface area (Å²) in [6, 6.07) is 15.9. The topological polar surface area (TPSA) is 38.7 Å². The van der Waals surface area contributed by atoms with E-state index in [2.05, 4.69) is 15.0 Å². The Kier molecular flexibility index (Phi) is 3.21. The Morgan fingerprint density at radius 3 is 1.68 bits per heavy atom. The summed E-state index contributed by atoms with van der Waals surface area (Å²) >= 11 is 5.88. The van der Waals surface area contributed by atoms with E-state index < -0.39 is 0 Å². The van der Waals surface area contributed by atoms with Gasteiger partial charge in [0.25, 0.3) is 0 Å². The lowest BCUT2D eigenvalue weighted by Crippen LogP contribution is -1.88. The highest BCUT2D eigenvalue weighted by atomic mass is 35.5. The summed E-state index contributed by atoms with van der Waals surface area (Å²) in [5.41, 5.74) is 3.24. The van der Waals surface area contributed by atoms with Crippen molar-refractivity contribution in [1.82, 2.24) is 15.0 Å². The van der Waals surface area contributed by atoms with E-state index in [1.807, 2.05) is 48.5 Å². The average molecular weight is 268 g/mol. The standard InChI is InChI=1S/C15H10ClN3/c16-14-7-5-12(6-8-14)11-1-3-13(4-2-11)15-18-9-17-10-19-15/h1-10H. The third-order valence-electron chi connectivity index (χ3n) is 2.81. The van der Waals surface area contributed by atoms with Crippen molar-refractivity contribution in [2.24, 2.45) is 0 Å². The van der Waals surface area contributed by atoms with E-state index in [9.17, 15) is 0 Å². The fourth-order valence-electron chi connectivity index (χ4n) is 1.84. The summed E-state index contributed by atoms with van der Waals surface area (Å²) in [6.45, 7) is 0. The van der Waals surface area contributed by atoms with Gasteiger partial charge in [-0.25, -0.2) is 15.0 Å². The molecule has 0 aliphatic carbocycles. The van der Waals surface area contributed by atoms with E-state index in [-0.39, 0.29) is 0 Å². The van der Waals surface area contributed by atoms with Crippen LogP contribution in [0.4, 0.5) is 0 Å². The van der Waals surface area contributed by atoms with Gasteiger partial charge in [-0.1, -0.05) is 48.0 Å². The summed E-state index contributed by atoms with van der Waals surface area (Å²) in [7, 11) is 0. The molecule has 0 unspecified atom stereocenters. The predicted molar refractivity (Wildman–Crippen MR) is 75.7 cm³/mol. The first-order valence-corrected chi connectivity index (χ1v) is 6.19. The van der Waals surface area contributed by atoms with Gasteiger partial charge in [0, 0.05) is 10.6 Å². The fourth-order valence-corrected chi connectivity index (χ4v) is 1.97. The van der Waals surface area contributed by atoms with Gasteiger partial charge in [0.2, 0.25) is 0 Å². The molecule has 0 aliphatic heterocycles. The molecule has 1 aromatic heterocycles. The number of hydrogen-bond donors (Lipinski definition) is 0. The third-order valence-corrected chi connectivity index (χ3v) is 3.07. The summed E-state index contributed by atoms with van der Waals surface area (Å²) in [5, 5.41) is 0.741. The normalized spacial score (nSPS) is 10.4. The Balaban J connectivity index is 1.93. The van der Waals surface area contributed by atoms with Gasteiger partial charge in [-0.3, -0.25) is 0 Å². The molecular formula is C15H10ClN3. The molecule has 0 saturated heterocycles. The van der Waals surface area contributed by atoms with Crippen molar-refractivity contribution in [3.63, 3.8) is 0 Å². The molecule has 0 bridgehead atoms. The fraction of sp³-hybridized carbons (Fsp3) is 0. The number of rotatable bonds is 2. The predicted octanol–water partition coefficient (Wildman–Crippen LogP) is 3.86. The maximum atomic E-state index is 5.88. The van der Waals surface area contributed by atoms with Crippen molar-refractivity contribution in [2.75, 3.05) is 0 Å². The number of benzene rings is 2. The maximum Gasteiger partial charge on any atom is 0.162 e. The molecule has 0 spiro atoms. The third kappa shape index (κ3) is 2.61. The lowest BCUT2D eigenvalue weighted by molar-refractivity contribution is 1.06. The molecule has 0 amide bonds. The lowest BCUT2D eigenvalue weighted by Gasteiger charge is -2.03. The Morgan fingerprint density at radius 1 is 0.632 bits per heavy atom. The zero-order valence-corrected chi connectivity index (χ0v) is 10.7. The molecule has 0 N–H and O–H groups in total. The molecular weight excluding hydrogens is 258 g/mol. The monoisotopic (exact) mass is 267 g/mol. The van der Waals surface area contributed by atoms with Crippen LogP contribution in [0.2, 0.25) is 5.02 Å². The summed E-state index contributed by atoms with van der Waals surface area (Å²) < 4.78 is 0. The van der Waals surface area contributed by atoms with Gasteiger partial charge in [0.05, 0.1) is 0 Å². The molecule has 3 rings (SSSR count). The highest BCUT2D eigenvalue weighted by molar-refractivity contribution is 6.30. The van der Waals surface area contributed by atoms with Crippen LogP contribution in [0, 0.1) is 0 Å². The molecule has 3 aromatic rings. The smallest absolute Gasteiger partial charge is 0.162 e. The molecule has 92 valence electrons. The molecule has 0 saturated carbocycles. The maximum absolute atomic E-state index is 5.88. The highest BCUT2D eigenvalue weighted by Crippen LogP contribution is 2.24. The number of halogens is 1. The zero-order chi connectivity index (χ0) is 13.1. The largest absolute Gasteiger partial charge is 0.225 e. The SMILES string of the molecule is Clc1ccc(-c2ccc(-c3ncncn3)cc2)cc1. The summed E-state index contributed by atoms with van der Waals surface area (Å²) in [6.07, 6.45) is 2.99. The first-order valence-electron chi connectivity index (χ1n) is 5.81. The minimum atomic E-state index is 0.678. The van der Waals surface area contributed by atoms with Gasteiger partial charge >= 0.3 is 0 Å². The van der Waals surface area contributed by atoms with Crippen LogP contribution in [-0.2, 0) is 0 Å². The number of nitrogens with zero attached hydrogens (tertiary/aromatic N) is 3. The minimum absolute atomic E-state index is 0.678. The highest BCUT2D eigenvalue weighted by Gasteiger charge is 2.01. The van der Waals surface area contributed by atoms with Gasteiger partial charge in [-0.2, -0.15) is 0 Å². The lowest BCUT2D eigenvalue weighted by atomic mass is 10.0. The first kappa shape index (κ1) is 11.8. The molecule has 1 heterocycles. The van der Waals surface area contributed by atoms with E-state index in [0.717, 1.165) is 21.7 Å². The van der Waals surface area contributed by atoms with Crippen LogP contribution in [0.3, 0.4) is 0 Å². The second kappa shape index (κ2) is 5.16. The van der Waals surface area contributed by atoms with E-state index in [0.29, 0.717) is 5.82 Å². The molecule has 4 heteroatoms. The Morgan fingerprint density at radius 2 is 1.11 bits per heavy atom. The van der Waals surface area contributed by atoms with Crippen molar-refractivity contribution in [2.45, 2.75) is 0 Å².